The molecule has 2 unspecified atom stereocenters. The van der Waals surface area contributed by atoms with Gasteiger partial charge in [-0.2, -0.15) is 0 Å². The van der Waals surface area contributed by atoms with Crippen molar-refractivity contribution in [1.82, 2.24) is 9.47 Å². The second kappa shape index (κ2) is 7.62. The van der Waals surface area contributed by atoms with Gasteiger partial charge in [-0.25, -0.2) is 0 Å². The van der Waals surface area contributed by atoms with Gasteiger partial charge in [0.2, 0.25) is 5.91 Å². The number of benzene rings is 1. The van der Waals surface area contributed by atoms with Crippen molar-refractivity contribution in [3.8, 4) is 5.75 Å². The standard InChI is InChI=1S/C26H36N2O2/c1-26(2)12-10-22-21-9-8-20(30-3)14-23(21)28(24(22)15-26)17-25(29)27-13-11-18-6-4-5-7-19(18)16-27/h8-9,14,18-19H,4-7,10-13,15-17H2,1-3H3. The van der Waals surface area contributed by atoms with Crippen LogP contribution in [0.1, 0.15) is 63.6 Å². The van der Waals surface area contributed by atoms with E-state index in [4.69, 9.17) is 4.74 Å². The second-order valence-corrected chi connectivity index (χ2v) is 10.7. The van der Waals surface area contributed by atoms with Crippen molar-refractivity contribution in [1.29, 1.82) is 0 Å². The third-order valence-corrected chi connectivity index (χ3v) is 8.13. The van der Waals surface area contributed by atoms with Crippen molar-refractivity contribution in [3.63, 3.8) is 0 Å². The predicted octanol–water partition coefficient (Wildman–Crippen LogP) is 5.20. The average Bonchev–Trinajstić information content (AvgIpc) is 3.04. The SMILES string of the molecule is COc1ccc2c3c(n(CC(=O)N4CCC5CCCCC5C4)c2c1)CC(C)(C)CC3. The Kier molecular flexibility index (Phi) is 5.07. The number of likely N-dealkylation sites (tertiary alicyclic amines) is 1. The van der Waals surface area contributed by atoms with Crippen molar-refractivity contribution < 1.29 is 9.53 Å². The van der Waals surface area contributed by atoms with E-state index in [0.29, 0.717) is 12.5 Å². The first-order valence-electron chi connectivity index (χ1n) is 11.9. The molecule has 4 heteroatoms. The first kappa shape index (κ1) is 20.0. The van der Waals surface area contributed by atoms with Gasteiger partial charge in [-0.1, -0.05) is 33.1 Å². The summed E-state index contributed by atoms with van der Waals surface area (Å²) in [5, 5.41) is 1.31. The molecule has 1 saturated carbocycles. The zero-order valence-corrected chi connectivity index (χ0v) is 18.9. The van der Waals surface area contributed by atoms with Crippen LogP contribution in [-0.4, -0.2) is 35.6 Å². The highest BCUT2D eigenvalue weighted by atomic mass is 16.5. The lowest BCUT2D eigenvalue weighted by molar-refractivity contribution is -0.134. The number of piperidine rings is 1. The highest BCUT2D eigenvalue weighted by Gasteiger charge is 2.34. The van der Waals surface area contributed by atoms with Crippen LogP contribution < -0.4 is 4.74 Å². The first-order valence-corrected chi connectivity index (χ1v) is 11.9. The molecule has 0 radical (unpaired) electrons. The molecular weight excluding hydrogens is 372 g/mol. The van der Waals surface area contributed by atoms with Gasteiger partial charge in [0.05, 0.1) is 12.6 Å². The minimum absolute atomic E-state index is 0.284. The smallest absolute Gasteiger partial charge is 0.242 e. The first-order chi connectivity index (χ1) is 14.4. The summed E-state index contributed by atoms with van der Waals surface area (Å²) >= 11 is 0. The molecule has 1 saturated heterocycles. The molecular formula is C26H36N2O2. The summed E-state index contributed by atoms with van der Waals surface area (Å²) in [5.74, 6) is 2.75. The Morgan fingerprint density at radius 3 is 2.77 bits per heavy atom. The van der Waals surface area contributed by atoms with Crippen LogP contribution in [-0.2, 0) is 24.2 Å². The molecule has 0 spiro atoms. The van der Waals surface area contributed by atoms with E-state index >= 15 is 0 Å². The van der Waals surface area contributed by atoms with E-state index in [1.54, 1.807) is 7.11 Å². The van der Waals surface area contributed by atoms with Gasteiger partial charge < -0.3 is 14.2 Å². The van der Waals surface area contributed by atoms with Gasteiger partial charge in [-0.3, -0.25) is 4.79 Å². The van der Waals surface area contributed by atoms with E-state index < -0.39 is 0 Å². The molecule has 3 aliphatic rings. The molecule has 4 nitrogen and oxygen atoms in total. The van der Waals surface area contributed by atoms with E-state index in [2.05, 4.69) is 41.5 Å². The number of amides is 1. The molecule has 1 aliphatic heterocycles. The zero-order valence-electron chi connectivity index (χ0n) is 18.9. The Morgan fingerprint density at radius 2 is 1.97 bits per heavy atom. The number of carbonyl (C=O) groups is 1. The van der Waals surface area contributed by atoms with Crippen LogP contribution in [0.15, 0.2) is 18.2 Å². The molecule has 0 bridgehead atoms. The number of aromatic nitrogens is 1. The topological polar surface area (TPSA) is 34.5 Å². The lowest BCUT2D eigenvalue weighted by Crippen LogP contribution is -2.46. The van der Waals surface area contributed by atoms with Gasteiger partial charge in [0.15, 0.2) is 0 Å². The Labute approximate surface area is 180 Å². The molecule has 30 heavy (non-hydrogen) atoms. The summed E-state index contributed by atoms with van der Waals surface area (Å²) in [6, 6.07) is 6.38. The molecule has 5 rings (SSSR count). The van der Waals surface area contributed by atoms with Crippen LogP contribution in [0.5, 0.6) is 5.75 Å². The van der Waals surface area contributed by atoms with Gasteiger partial charge in [-0.15, -0.1) is 0 Å². The van der Waals surface area contributed by atoms with Gasteiger partial charge >= 0.3 is 0 Å². The Balaban J connectivity index is 1.46. The highest BCUT2D eigenvalue weighted by Crippen LogP contribution is 2.41. The Morgan fingerprint density at radius 1 is 1.17 bits per heavy atom. The molecule has 2 heterocycles. The number of hydrogen-bond acceptors (Lipinski definition) is 2. The molecule has 1 amide bonds. The van der Waals surface area contributed by atoms with Crippen LogP contribution in [0.2, 0.25) is 0 Å². The number of fused-ring (bicyclic) bond motifs is 4. The number of ether oxygens (including phenoxy) is 1. The summed E-state index contributed by atoms with van der Waals surface area (Å²) in [5.41, 5.74) is 4.27. The monoisotopic (exact) mass is 408 g/mol. The fraction of sp³-hybridized carbons (Fsp3) is 0.654. The number of hydrogen-bond donors (Lipinski definition) is 0. The molecule has 2 aliphatic carbocycles. The van der Waals surface area contributed by atoms with Gasteiger partial charge in [0.25, 0.3) is 0 Å². The van der Waals surface area contributed by atoms with Gasteiger partial charge in [0.1, 0.15) is 12.3 Å². The van der Waals surface area contributed by atoms with Crippen LogP contribution in [0, 0.1) is 17.3 Å². The fourth-order valence-corrected chi connectivity index (χ4v) is 6.31. The molecule has 162 valence electrons. The van der Waals surface area contributed by atoms with E-state index in [0.717, 1.165) is 49.0 Å². The third-order valence-electron chi connectivity index (χ3n) is 8.13. The summed E-state index contributed by atoms with van der Waals surface area (Å²) < 4.78 is 7.84. The van der Waals surface area contributed by atoms with E-state index in [1.807, 2.05) is 0 Å². The van der Waals surface area contributed by atoms with Crippen molar-refractivity contribution >= 4 is 16.8 Å². The van der Waals surface area contributed by atoms with Gasteiger partial charge in [-0.05, 0) is 67.1 Å². The number of nitrogens with zero attached hydrogens (tertiary/aromatic N) is 2. The molecule has 2 atom stereocenters. The number of carbonyl (C=O) groups excluding carboxylic acids is 1. The average molecular weight is 409 g/mol. The van der Waals surface area contributed by atoms with Crippen LogP contribution in [0.25, 0.3) is 10.9 Å². The molecule has 1 aromatic heterocycles. The summed E-state index contributed by atoms with van der Waals surface area (Å²) in [6.07, 6.45) is 9.94. The normalized spacial score (nSPS) is 25.6. The van der Waals surface area contributed by atoms with Crippen LogP contribution in [0.4, 0.5) is 0 Å². The number of methoxy groups -OCH3 is 1. The van der Waals surface area contributed by atoms with Crippen molar-refractivity contribution in [3.05, 3.63) is 29.5 Å². The van der Waals surface area contributed by atoms with Gasteiger partial charge in [0, 0.05) is 30.2 Å². The molecule has 2 fully saturated rings. The maximum absolute atomic E-state index is 13.5. The Hall–Kier alpha value is -1.97. The quantitative estimate of drug-likeness (QED) is 0.699. The third kappa shape index (κ3) is 3.52. The minimum atomic E-state index is 0.284. The number of rotatable bonds is 3. The molecule has 2 aromatic rings. The lowest BCUT2D eigenvalue weighted by Gasteiger charge is -2.41. The van der Waals surface area contributed by atoms with Crippen molar-refractivity contribution in [2.75, 3.05) is 20.2 Å². The molecule has 1 aromatic carbocycles. The zero-order chi connectivity index (χ0) is 20.9. The largest absolute Gasteiger partial charge is 0.497 e. The van der Waals surface area contributed by atoms with Crippen LogP contribution >= 0.6 is 0 Å². The molecule has 0 N–H and O–H groups in total. The maximum Gasteiger partial charge on any atom is 0.242 e. The lowest BCUT2D eigenvalue weighted by atomic mass is 9.75. The fourth-order valence-electron chi connectivity index (χ4n) is 6.31. The summed E-state index contributed by atoms with van der Waals surface area (Å²) in [6.45, 7) is 7.09. The maximum atomic E-state index is 13.5. The van der Waals surface area contributed by atoms with Crippen molar-refractivity contribution in [2.24, 2.45) is 17.3 Å². The predicted molar refractivity (Wildman–Crippen MR) is 121 cm³/mol. The van der Waals surface area contributed by atoms with Crippen molar-refractivity contribution in [2.45, 2.75) is 71.8 Å². The summed E-state index contributed by atoms with van der Waals surface area (Å²) in [7, 11) is 1.72. The second-order valence-electron chi connectivity index (χ2n) is 10.7. The van der Waals surface area contributed by atoms with Crippen LogP contribution in [0.3, 0.4) is 0 Å². The van der Waals surface area contributed by atoms with E-state index in [9.17, 15) is 4.79 Å². The summed E-state index contributed by atoms with van der Waals surface area (Å²) in [4.78, 5) is 15.6. The Bertz CT molecular complexity index is 958. The van der Waals surface area contributed by atoms with E-state index in [-0.39, 0.29) is 5.41 Å². The van der Waals surface area contributed by atoms with E-state index in [1.165, 1.54) is 55.2 Å². The number of aryl methyl sites for hydroxylation is 1. The minimum Gasteiger partial charge on any atom is -0.497 e. The highest BCUT2D eigenvalue weighted by molar-refractivity contribution is 5.89.